The van der Waals surface area contributed by atoms with Crippen LogP contribution in [0.4, 0.5) is 0 Å². The highest BCUT2D eigenvalue weighted by Crippen LogP contribution is 2.15. The van der Waals surface area contributed by atoms with Gasteiger partial charge >= 0.3 is 0 Å². The molecule has 2 N–H and O–H groups in total. The zero-order valence-electron chi connectivity index (χ0n) is 11.3. The molecule has 0 bridgehead atoms. The van der Waals surface area contributed by atoms with Crippen LogP contribution in [0.15, 0.2) is 18.2 Å². The van der Waals surface area contributed by atoms with Gasteiger partial charge in [-0.1, -0.05) is 6.07 Å². The Kier molecular flexibility index (Phi) is 7.41. The van der Waals surface area contributed by atoms with Gasteiger partial charge in [0.1, 0.15) is 12.4 Å². The lowest BCUT2D eigenvalue weighted by Crippen LogP contribution is -2.14. The summed E-state index contributed by atoms with van der Waals surface area (Å²) in [6, 6.07) is 6.17. The Morgan fingerprint density at radius 2 is 1.39 bits per heavy atom. The summed E-state index contributed by atoms with van der Waals surface area (Å²) in [5.41, 5.74) is 7.71. The number of nitrogens with two attached hydrogens (primary N) is 1. The van der Waals surface area contributed by atoms with Gasteiger partial charge in [0, 0.05) is 6.54 Å². The third-order valence-corrected chi connectivity index (χ3v) is 2.33. The topological polar surface area (TPSA) is 53.7 Å². The first-order valence-corrected chi connectivity index (χ1v) is 6.29. The summed E-state index contributed by atoms with van der Waals surface area (Å²) in [4.78, 5) is 0. The Bertz CT molecular complexity index is 322. The van der Waals surface area contributed by atoms with Crippen LogP contribution in [-0.2, 0) is 9.47 Å². The minimum atomic E-state index is 0.551. The molecule has 1 rings (SSSR count). The molecule has 0 aliphatic rings. The second-order valence-corrected chi connectivity index (χ2v) is 4.19. The van der Waals surface area contributed by atoms with Gasteiger partial charge in [0.05, 0.1) is 26.4 Å². The van der Waals surface area contributed by atoms with Crippen molar-refractivity contribution < 1.29 is 14.2 Å². The molecule has 0 amide bonds. The largest absolute Gasteiger partial charge is 0.491 e. The van der Waals surface area contributed by atoms with E-state index in [9.17, 15) is 0 Å². The quantitative estimate of drug-likeness (QED) is 0.680. The van der Waals surface area contributed by atoms with Gasteiger partial charge in [-0.2, -0.15) is 0 Å². The van der Waals surface area contributed by atoms with E-state index in [0.717, 1.165) is 5.75 Å². The first-order chi connectivity index (χ1) is 8.72. The number of hydrogen-bond acceptors (Lipinski definition) is 4. The molecule has 0 heterocycles. The summed E-state index contributed by atoms with van der Waals surface area (Å²) in [5, 5.41) is 0. The van der Waals surface area contributed by atoms with Crippen molar-refractivity contribution in [3.8, 4) is 5.75 Å². The van der Waals surface area contributed by atoms with Crippen LogP contribution in [0.5, 0.6) is 5.75 Å². The SMILES string of the molecule is Cc1cc(C)cc(OCCOCCOCCN)c1. The van der Waals surface area contributed by atoms with Crippen LogP contribution in [0, 0.1) is 13.8 Å². The normalized spacial score (nSPS) is 10.6. The standard InChI is InChI=1S/C14H23NO3/c1-12-9-13(2)11-14(10-12)18-8-7-17-6-5-16-4-3-15/h9-11H,3-8,15H2,1-2H3. The molecular formula is C14H23NO3. The molecular weight excluding hydrogens is 230 g/mol. The van der Waals surface area contributed by atoms with Crippen LogP contribution in [0.2, 0.25) is 0 Å². The van der Waals surface area contributed by atoms with Crippen molar-refractivity contribution >= 4 is 0 Å². The van der Waals surface area contributed by atoms with E-state index in [2.05, 4.69) is 19.9 Å². The molecule has 1 aromatic carbocycles. The van der Waals surface area contributed by atoms with Crippen molar-refractivity contribution in [3.05, 3.63) is 29.3 Å². The van der Waals surface area contributed by atoms with Crippen molar-refractivity contribution in [1.29, 1.82) is 0 Å². The lowest BCUT2D eigenvalue weighted by Gasteiger charge is -2.09. The van der Waals surface area contributed by atoms with E-state index < -0.39 is 0 Å². The Hall–Kier alpha value is -1.10. The predicted molar refractivity (Wildman–Crippen MR) is 72.1 cm³/mol. The van der Waals surface area contributed by atoms with Gasteiger partial charge in [0.25, 0.3) is 0 Å². The molecule has 0 atom stereocenters. The lowest BCUT2D eigenvalue weighted by atomic mass is 10.1. The van der Waals surface area contributed by atoms with Gasteiger partial charge < -0.3 is 19.9 Å². The van der Waals surface area contributed by atoms with Gasteiger partial charge in [-0.25, -0.2) is 0 Å². The number of rotatable bonds is 9. The highest BCUT2D eigenvalue weighted by Gasteiger charge is 1.97. The summed E-state index contributed by atoms with van der Waals surface area (Å²) in [5.74, 6) is 0.899. The highest BCUT2D eigenvalue weighted by molar-refractivity contribution is 5.32. The third kappa shape index (κ3) is 6.59. The Morgan fingerprint density at radius 3 is 2.00 bits per heavy atom. The second-order valence-electron chi connectivity index (χ2n) is 4.19. The van der Waals surface area contributed by atoms with Gasteiger partial charge in [0.2, 0.25) is 0 Å². The van der Waals surface area contributed by atoms with E-state index in [-0.39, 0.29) is 0 Å². The monoisotopic (exact) mass is 253 g/mol. The summed E-state index contributed by atoms with van der Waals surface area (Å²) in [7, 11) is 0. The summed E-state index contributed by atoms with van der Waals surface area (Å²) >= 11 is 0. The number of ether oxygens (including phenoxy) is 3. The molecule has 0 aromatic heterocycles. The fourth-order valence-corrected chi connectivity index (χ4v) is 1.64. The number of aryl methyl sites for hydroxylation is 2. The highest BCUT2D eigenvalue weighted by atomic mass is 16.5. The van der Waals surface area contributed by atoms with Gasteiger partial charge in [-0.15, -0.1) is 0 Å². The van der Waals surface area contributed by atoms with Gasteiger partial charge in [-0.05, 0) is 37.1 Å². The van der Waals surface area contributed by atoms with Crippen LogP contribution in [0.25, 0.3) is 0 Å². The zero-order valence-corrected chi connectivity index (χ0v) is 11.3. The summed E-state index contributed by atoms with van der Waals surface area (Å²) < 4.78 is 16.2. The van der Waals surface area contributed by atoms with E-state index in [0.29, 0.717) is 39.6 Å². The minimum Gasteiger partial charge on any atom is -0.491 e. The van der Waals surface area contributed by atoms with Crippen molar-refractivity contribution in [3.63, 3.8) is 0 Å². The average Bonchev–Trinajstić information content (AvgIpc) is 2.31. The van der Waals surface area contributed by atoms with Gasteiger partial charge in [-0.3, -0.25) is 0 Å². The molecule has 0 fully saturated rings. The van der Waals surface area contributed by atoms with Crippen molar-refractivity contribution in [2.75, 3.05) is 39.6 Å². The summed E-state index contributed by atoms with van der Waals surface area (Å²) in [6.45, 7) is 7.55. The molecule has 18 heavy (non-hydrogen) atoms. The number of hydrogen-bond donors (Lipinski definition) is 1. The maximum Gasteiger partial charge on any atom is 0.119 e. The van der Waals surface area contributed by atoms with Crippen molar-refractivity contribution in [2.24, 2.45) is 5.73 Å². The maximum absolute atomic E-state index is 5.61. The molecule has 0 aliphatic heterocycles. The molecule has 102 valence electrons. The van der Waals surface area contributed by atoms with E-state index in [1.54, 1.807) is 0 Å². The lowest BCUT2D eigenvalue weighted by molar-refractivity contribution is 0.0388. The van der Waals surface area contributed by atoms with E-state index in [4.69, 9.17) is 19.9 Å². The Balaban J connectivity index is 2.07. The molecule has 4 heteroatoms. The second kappa shape index (κ2) is 8.91. The fraction of sp³-hybridized carbons (Fsp3) is 0.571. The van der Waals surface area contributed by atoms with E-state index >= 15 is 0 Å². The van der Waals surface area contributed by atoms with Crippen LogP contribution in [0.1, 0.15) is 11.1 Å². The molecule has 0 unspecified atom stereocenters. The van der Waals surface area contributed by atoms with E-state index in [1.807, 2.05) is 12.1 Å². The van der Waals surface area contributed by atoms with Crippen LogP contribution in [0.3, 0.4) is 0 Å². The van der Waals surface area contributed by atoms with Crippen molar-refractivity contribution in [1.82, 2.24) is 0 Å². The molecule has 0 saturated heterocycles. The van der Waals surface area contributed by atoms with Crippen LogP contribution < -0.4 is 10.5 Å². The first-order valence-electron chi connectivity index (χ1n) is 6.29. The Labute approximate surface area is 109 Å². The maximum atomic E-state index is 5.61. The van der Waals surface area contributed by atoms with E-state index in [1.165, 1.54) is 11.1 Å². The fourth-order valence-electron chi connectivity index (χ4n) is 1.64. The minimum absolute atomic E-state index is 0.551. The zero-order chi connectivity index (χ0) is 13.2. The molecule has 0 saturated carbocycles. The predicted octanol–water partition coefficient (Wildman–Crippen LogP) is 1.67. The van der Waals surface area contributed by atoms with Crippen LogP contribution in [-0.4, -0.2) is 39.6 Å². The molecule has 1 aromatic rings. The third-order valence-electron chi connectivity index (χ3n) is 2.33. The smallest absolute Gasteiger partial charge is 0.119 e. The molecule has 0 radical (unpaired) electrons. The first kappa shape index (κ1) is 15.0. The summed E-state index contributed by atoms with van der Waals surface area (Å²) in [6.07, 6.45) is 0. The Morgan fingerprint density at radius 1 is 0.833 bits per heavy atom. The number of benzene rings is 1. The molecule has 0 spiro atoms. The van der Waals surface area contributed by atoms with Gasteiger partial charge in [0.15, 0.2) is 0 Å². The van der Waals surface area contributed by atoms with Crippen molar-refractivity contribution in [2.45, 2.75) is 13.8 Å². The average molecular weight is 253 g/mol. The van der Waals surface area contributed by atoms with Crippen LogP contribution >= 0.6 is 0 Å². The molecule has 4 nitrogen and oxygen atoms in total. The molecule has 0 aliphatic carbocycles.